The van der Waals surface area contributed by atoms with Crippen molar-refractivity contribution in [2.45, 2.75) is 140 Å². The van der Waals surface area contributed by atoms with Crippen LogP contribution < -0.4 is 5.32 Å². The van der Waals surface area contributed by atoms with Crippen molar-refractivity contribution in [2.24, 2.45) is 0 Å². The summed E-state index contributed by atoms with van der Waals surface area (Å²) in [6, 6.07) is 0. The molecule has 0 amide bonds. The predicted molar refractivity (Wildman–Crippen MR) is 138 cm³/mol. The summed E-state index contributed by atoms with van der Waals surface area (Å²) in [7, 11) is 0. The van der Waals surface area contributed by atoms with Gasteiger partial charge in [0.2, 0.25) is 0 Å². The van der Waals surface area contributed by atoms with Crippen LogP contribution in [-0.4, -0.2) is 82.1 Å². The molecule has 0 radical (unpaired) electrons. The third-order valence-electron chi connectivity index (χ3n) is 6.61. The highest BCUT2D eigenvalue weighted by molar-refractivity contribution is 4.89. The van der Waals surface area contributed by atoms with Crippen molar-refractivity contribution in [2.75, 3.05) is 19.8 Å². The Kier molecular flexibility index (Phi) is 19.7. The highest BCUT2D eigenvalue weighted by Gasteiger charge is 2.44. The highest BCUT2D eigenvalue weighted by Crippen LogP contribution is 2.22. The van der Waals surface area contributed by atoms with Gasteiger partial charge in [-0.3, -0.25) is 0 Å². The monoisotopic (exact) mass is 503 g/mol. The second kappa shape index (κ2) is 21.4. The van der Waals surface area contributed by atoms with Gasteiger partial charge in [0.25, 0.3) is 0 Å². The Hall–Kier alpha value is -0.740. The van der Waals surface area contributed by atoms with E-state index < -0.39 is 43.4 Å². The predicted octanol–water partition coefficient (Wildman–Crippen LogP) is 3.14. The fourth-order valence-corrected chi connectivity index (χ4v) is 4.30. The average Bonchev–Trinajstić information content (AvgIpc) is 2.86. The highest BCUT2D eigenvalue weighted by atomic mass is 16.7. The quantitative estimate of drug-likeness (QED) is 0.124. The molecule has 1 aliphatic rings. The molecule has 1 heterocycles. The molecule has 0 aliphatic carbocycles. The molecule has 1 aliphatic heterocycles. The minimum Gasteiger partial charge on any atom is -0.394 e. The topological polar surface area (TPSA) is 132 Å². The number of hydrogen-bond donors (Lipinski definition) is 6. The van der Waals surface area contributed by atoms with Crippen LogP contribution in [0.1, 0.15) is 103 Å². The van der Waals surface area contributed by atoms with Crippen molar-refractivity contribution in [3.8, 4) is 0 Å². The molecule has 6 atom stereocenters. The SMILES string of the molecule is CCCCCCCCCCCCCCCCC=CNCC(O)CO[C@@H]1O[C@H](CO)[C@H](O)[C@H](O)[C@H]1O. The molecular formula is C27H53NO7. The molecular weight excluding hydrogens is 450 g/mol. The fourth-order valence-electron chi connectivity index (χ4n) is 4.30. The van der Waals surface area contributed by atoms with E-state index in [1.54, 1.807) is 0 Å². The largest absolute Gasteiger partial charge is 0.394 e. The van der Waals surface area contributed by atoms with Gasteiger partial charge in [0.1, 0.15) is 24.4 Å². The minimum absolute atomic E-state index is 0.123. The van der Waals surface area contributed by atoms with Crippen molar-refractivity contribution >= 4 is 0 Å². The van der Waals surface area contributed by atoms with Crippen LogP contribution in [0.2, 0.25) is 0 Å². The van der Waals surface area contributed by atoms with Crippen LogP contribution in [0.4, 0.5) is 0 Å². The molecule has 0 bridgehead atoms. The van der Waals surface area contributed by atoms with Gasteiger partial charge in [-0.15, -0.1) is 0 Å². The van der Waals surface area contributed by atoms with Gasteiger partial charge in [-0.25, -0.2) is 0 Å². The van der Waals surface area contributed by atoms with Crippen LogP contribution in [-0.2, 0) is 9.47 Å². The normalized spacial score (nSPS) is 25.8. The molecule has 0 aromatic rings. The molecule has 1 fully saturated rings. The molecule has 1 unspecified atom stereocenters. The van der Waals surface area contributed by atoms with E-state index in [0.717, 1.165) is 6.42 Å². The lowest BCUT2D eigenvalue weighted by molar-refractivity contribution is -0.304. The van der Waals surface area contributed by atoms with Crippen LogP contribution in [0.5, 0.6) is 0 Å². The van der Waals surface area contributed by atoms with E-state index in [4.69, 9.17) is 9.47 Å². The lowest BCUT2D eigenvalue weighted by Crippen LogP contribution is -2.59. The van der Waals surface area contributed by atoms with Crippen molar-refractivity contribution < 1.29 is 35.0 Å². The zero-order valence-electron chi connectivity index (χ0n) is 21.9. The van der Waals surface area contributed by atoms with Crippen molar-refractivity contribution in [1.29, 1.82) is 0 Å². The first-order valence-electron chi connectivity index (χ1n) is 14.0. The summed E-state index contributed by atoms with van der Waals surface area (Å²) in [6.45, 7) is 1.90. The lowest BCUT2D eigenvalue weighted by Gasteiger charge is -2.39. The van der Waals surface area contributed by atoms with Gasteiger partial charge in [-0.2, -0.15) is 0 Å². The van der Waals surface area contributed by atoms with E-state index in [0.29, 0.717) is 0 Å². The summed E-state index contributed by atoms with van der Waals surface area (Å²) in [5.74, 6) is 0. The maximum atomic E-state index is 10.0. The van der Waals surface area contributed by atoms with Gasteiger partial charge in [0.15, 0.2) is 6.29 Å². The van der Waals surface area contributed by atoms with Gasteiger partial charge in [-0.05, 0) is 19.0 Å². The molecule has 0 saturated carbocycles. The smallest absolute Gasteiger partial charge is 0.186 e. The zero-order chi connectivity index (χ0) is 25.7. The number of ether oxygens (including phenoxy) is 2. The van der Waals surface area contributed by atoms with Crippen molar-refractivity contribution in [3.63, 3.8) is 0 Å². The molecule has 0 aromatic heterocycles. The van der Waals surface area contributed by atoms with E-state index in [1.165, 1.54) is 89.9 Å². The van der Waals surface area contributed by atoms with Crippen molar-refractivity contribution in [3.05, 3.63) is 12.3 Å². The maximum absolute atomic E-state index is 10.0. The van der Waals surface area contributed by atoms with E-state index in [-0.39, 0.29) is 13.2 Å². The second-order valence-electron chi connectivity index (χ2n) is 9.88. The maximum Gasteiger partial charge on any atom is 0.186 e. The summed E-state index contributed by atoms with van der Waals surface area (Å²) in [5.41, 5.74) is 0. The van der Waals surface area contributed by atoms with Crippen LogP contribution in [0.25, 0.3) is 0 Å². The second-order valence-corrected chi connectivity index (χ2v) is 9.88. The summed E-state index contributed by atoms with van der Waals surface area (Å²) < 4.78 is 10.6. The minimum atomic E-state index is -1.49. The zero-order valence-corrected chi connectivity index (χ0v) is 21.9. The van der Waals surface area contributed by atoms with Gasteiger partial charge in [0.05, 0.1) is 19.3 Å². The number of hydrogen-bond acceptors (Lipinski definition) is 8. The third-order valence-corrected chi connectivity index (χ3v) is 6.61. The Balaban J connectivity index is 1.91. The molecule has 8 heteroatoms. The van der Waals surface area contributed by atoms with Gasteiger partial charge < -0.3 is 40.3 Å². The Morgan fingerprint density at radius 3 is 1.89 bits per heavy atom. The van der Waals surface area contributed by atoms with Crippen LogP contribution in [0, 0.1) is 0 Å². The third kappa shape index (κ3) is 15.2. The van der Waals surface area contributed by atoms with Gasteiger partial charge >= 0.3 is 0 Å². The number of rotatable bonds is 22. The van der Waals surface area contributed by atoms with Gasteiger partial charge in [-0.1, -0.05) is 96.5 Å². The summed E-state index contributed by atoms with van der Waals surface area (Å²) in [5, 5.41) is 51.7. The molecule has 35 heavy (non-hydrogen) atoms. The first-order valence-corrected chi connectivity index (χ1v) is 14.0. The number of aliphatic hydroxyl groups is 5. The molecule has 0 spiro atoms. The molecule has 0 aromatic carbocycles. The number of allylic oxidation sites excluding steroid dienone is 1. The fraction of sp³-hybridized carbons (Fsp3) is 0.926. The lowest BCUT2D eigenvalue weighted by atomic mass is 9.99. The number of nitrogens with one attached hydrogen (secondary N) is 1. The van der Waals surface area contributed by atoms with Crippen LogP contribution >= 0.6 is 0 Å². The molecule has 8 nitrogen and oxygen atoms in total. The average molecular weight is 504 g/mol. The summed E-state index contributed by atoms with van der Waals surface area (Å²) in [4.78, 5) is 0. The Labute approximate surface area is 212 Å². The molecule has 208 valence electrons. The summed E-state index contributed by atoms with van der Waals surface area (Å²) >= 11 is 0. The Morgan fingerprint density at radius 1 is 0.800 bits per heavy atom. The van der Waals surface area contributed by atoms with E-state index in [1.807, 2.05) is 6.20 Å². The van der Waals surface area contributed by atoms with E-state index in [2.05, 4.69) is 18.3 Å². The standard InChI is InChI=1S/C27H53NO7/c1-2-3-4-5-6-7-8-9-10-11-12-13-14-15-16-17-18-28-19-22(30)21-34-27-26(33)25(32)24(31)23(20-29)35-27/h17-18,22-33H,2-16,19-21H2,1H3/t22?,23-,24+,25+,26-,27-/m1/s1. The molecule has 1 saturated heterocycles. The first kappa shape index (κ1) is 32.3. The van der Waals surface area contributed by atoms with Gasteiger partial charge in [0, 0.05) is 6.54 Å². The number of unbranched alkanes of at least 4 members (excludes halogenated alkanes) is 14. The molecule has 6 N–H and O–H groups in total. The first-order chi connectivity index (χ1) is 17.0. The summed E-state index contributed by atoms with van der Waals surface area (Å²) in [6.07, 6.45) is 16.4. The number of aliphatic hydroxyl groups excluding tert-OH is 5. The Bertz CT molecular complexity index is 506. The van der Waals surface area contributed by atoms with E-state index in [9.17, 15) is 25.5 Å². The van der Waals surface area contributed by atoms with Crippen molar-refractivity contribution in [1.82, 2.24) is 5.32 Å². The van der Waals surface area contributed by atoms with Crippen LogP contribution in [0.3, 0.4) is 0 Å². The van der Waals surface area contributed by atoms with E-state index >= 15 is 0 Å². The Morgan fingerprint density at radius 2 is 1.34 bits per heavy atom. The molecule has 1 rings (SSSR count). The van der Waals surface area contributed by atoms with Crippen LogP contribution in [0.15, 0.2) is 12.3 Å².